The number of fused-ring (bicyclic) bond motifs is 1. The molecular weight excluding hydrogens is 288 g/mol. The van der Waals surface area contributed by atoms with Crippen LogP contribution >= 0.6 is 0 Å². The van der Waals surface area contributed by atoms with Gasteiger partial charge < -0.3 is 9.80 Å². The largest absolute Gasteiger partial charge is 0.342 e. The number of hydrogen-bond acceptors (Lipinski definition) is 4. The van der Waals surface area contributed by atoms with Crippen LogP contribution in [-0.4, -0.2) is 47.0 Å². The van der Waals surface area contributed by atoms with Gasteiger partial charge in [0.25, 0.3) is 0 Å². The van der Waals surface area contributed by atoms with Gasteiger partial charge in [-0.15, -0.1) is 0 Å². The van der Waals surface area contributed by atoms with Crippen LogP contribution in [0.2, 0.25) is 0 Å². The van der Waals surface area contributed by atoms with Gasteiger partial charge >= 0.3 is 0 Å². The van der Waals surface area contributed by atoms with Crippen LogP contribution < -0.4 is 4.90 Å². The van der Waals surface area contributed by atoms with Crippen molar-refractivity contribution in [2.24, 2.45) is 5.92 Å². The average Bonchev–Trinajstić information content (AvgIpc) is 2.93. The summed E-state index contributed by atoms with van der Waals surface area (Å²) in [7, 11) is 0. The summed E-state index contributed by atoms with van der Waals surface area (Å²) in [6.45, 7) is 10.0. The molecule has 1 saturated heterocycles. The van der Waals surface area contributed by atoms with E-state index in [1.807, 2.05) is 4.90 Å². The molecule has 3 heterocycles. The van der Waals surface area contributed by atoms with E-state index in [0.29, 0.717) is 12.3 Å². The molecule has 1 aromatic heterocycles. The smallest absolute Gasteiger partial charge is 0.225 e. The minimum atomic E-state index is 0.276. The number of nitrogens with zero attached hydrogens (tertiary/aromatic N) is 4. The SMILES string of the molecule is Cc1nc(N2CCCC2)nc2c1CCN(C(=O)CC(C)C)CC2. The Hall–Kier alpha value is -1.65. The molecule has 0 aliphatic carbocycles. The van der Waals surface area contributed by atoms with Gasteiger partial charge in [0.15, 0.2) is 0 Å². The number of aryl methyl sites for hydroxylation is 1. The Balaban J connectivity index is 1.76. The summed E-state index contributed by atoms with van der Waals surface area (Å²) in [6, 6.07) is 0. The van der Waals surface area contributed by atoms with E-state index < -0.39 is 0 Å². The third-order valence-electron chi connectivity index (χ3n) is 4.86. The fraction of sp³-hybridized carbons (Fsp3) is 0.722. The molecule has 0 spiro atoms. The van der Waals surface area contributed by atoms with E-state index in [2.05, 4.69) is 25.7 Å². The van der Waals surface area contributed by atoms with Crippen LogP contribution in [0.3, 0.4) is 0 Å². The molecule has 0 atom stereocenters. The first-order valence-electron chi connectivity index (χ1n) is 8.93. The Bertz CT molecular complexity index is 579. The lowest BCUT2D eigenvalue weighted by molar-refractivity contribution is -0.131. The van der Waals surface area contributed by atoms with Gasteiger partial charge in [-0.2, -0.15) is 0 Å². The average molecular weight is 316 g/mol. The topological polar surface area (TPSA) is 49.3 Å². The Morgan fingerprint density at radius 3 is 2.48 bits per heavy atom. The molecule has 1 aromatic rings. The molecular formula is C18H28N4O. The molecule has 0 aromatic carbocycles. The Morgan fingerprint density at radius 2 is 1.78 bits per heavy atom. The van der Waals surface area contributed by atoms with Crippen molar-refractivity contribution in [2.75, 3.05) is 31.1 Å². The molecule has 1 fully saturated rings. The van der Waals surface area contributed by atoms with E-state index in [-0.39, 0.29) is 5.91 Å². The molecule has 2 aliphatic rings. The summed E-state index contributed by atoms with van der Waals surface area (Å²) < 4.78 is 0. The van der Waals surface area contributed by atoms with Gasteiger partial charge in [-0.3, -0.25) is 4.79 Å². The second-order valence-corrected chi connectivity index (χ2v) is 7.21. The summed E-state index contributed by atoms with van der Waals surface area (Å²) in [5, 5.41) is 0. The lowest BCUT2D eigenvalue weighted by atomic mass is 10.1. The van der Waals surface area contributed by atoms with Crippen LogP contribution in [0.5, 0.6) is 0 Å². The van der Waals surface area contributed by atoms with Crippen molar-refractivity contribution < 1.29 is 4.79 Å². The van der Waals surface area contributed by atoms with E-state index in [4.69, 9.17) is 9.97 Å². The first-order chi connectivity index (χ1) is 11.0. The first-order valence-corrected chi connectivity index (χ1v) is 8.93. The van der Waals surface area contributed by atoms with Crippen molar-refractivity contribution in [3.63, 3.8) is 0 Å². The molecule has 2 aliphatic heterocycles. The van der Waals surface area contributed by atoms with Crippen molar-refractivity contribution >= 4 is 11.9 Å². The van der Waals surface area contributed by atoms with Gasteiger partial charge in [-0.1, -0.05) is 13.8 Å². The third kappa shape index (κ3) is 3.65. The zero-order valence-electron chi connectivity index (χ0n) is 14.6. The lowest BCUT2D eigenvalue weighted by Gasteiger charge is -2.21. The minimum Gasteiger partial charge on any atom is -0.342 e. The van der Waals surface area contributed by atoms with Gasteiger partial charge in [0, 0.05) is 44.7 Å². The third-order valence-corrected chi connectivity index (χ3v) is 4.86. The fourth-order valence-corrected chi connectivity index (χ4v) is 3.56. The van der Waals surface area contributed by atoms with E-state index >= 15 is 0 Å². The Kier molecular flexibility index (Phi) is 4.83. The van der Waals surface area contributed by atoms with Gasteiger partial charge in [0.2, 0.25) is 11.9 Å². The maximum Gasteiger partial charge on any atom is 0.225 e. The van der Waals surface area contributed by atoms with Crippen LogP contribution in [0.15, 0.2) is 0 Å². The maximum atomic E-state index is 12.4. The molecule has 126 valence electrons. The van der Waals surface area contributed by atoms with E-state index in [1.165, 1.54) is 18.4 Å². The Labute approximate surface area is 139 Å². The highest BCUT2D eigenvalue weighted by molar-refractivity contribution is 5.76. The molecule has 0 unspecified atom stereocenters. The fourth-order valence-electron chi connectivity index (χ4n) is 3.56. The van der Waals surface area contributed by atoms with Gasteiger partial charge in [0.1, 0.15) is 0 Å². The van der Waals surface area contributed by atoms with Crippen LogP contribution in [0.25, 0.3) is 0 Å². The second-order valence-electron chi connectivity index (χ2n) is 7.21. The van der Waals surface area contributed by atoms with Crippen molar-refractivity contribution in [3.8, 4) is 0 Å². The number of rotatable bonds is 3. The second kappa shape index (κ2) is 6.85. The predicted molar refractivity (Wildman–Crippen MR) is 91.7 cm³/mol. The van der Waals surface area contributed by atoms with E-state index in [9.17, 15) is 4.79 Å². The zero-order valence-corrected chi connectivity index (χ0v) is 14.6. The maximum absolute atomic E-state index is 12.4. The first kappa shape index (κ1) is 16.2. The number of anilines is 1. The summed E-state index contributed by atoms with van der Waals surface area (Å²) in [5.41, 5.74) is 3.50. The number of carbonyl (C=O) groups is 1. The van der Waals surface area contributed by atoms with Gasteiger partial charge in [0.05, 0.1) is 5.69 Å². The number of hydrogen-bond donors (Lipinski definition) is 0. The van der Waals surface area contributed by atoms with Crippen molar-refractivity contribution in [3.05, 3.63) is 17.0 Å². The van der Waals surface area contributed by atoms with Gasteiger partial charge in [-0.05, 0) is 37.7 Å². The molecule has 0 bridgehead atoms. The minimum absolute atomic E-state index is 0.276. The van der Waals surface area contributed by atoms with Crippen LogP contribution in [0, 0.1) is 12.8 Å². The Morgan fingerprint density at radius 1 is 1.09 bits per heavy atom. The molecule has 3 rings (SSSR count). The highest BCUT2D eigenvalue weighted by atomic mass is 16.2. The molecule has 0 saturated carbocycles. The van der Waals surface area contributed by atoms with Crippen molar-refractivity contribution in [1.82, 2.24) is 14.9 Å². The molecule has 23 heavy (non-hydrogen) atoms. The molecule has 1 amide bonds. The summed E-state index contributed by atoms with van der Waals surface area (Å²) >= 11 is 0. The van der Waals surface area contributed by atoms with Crippen LogP contribution in [0.4, 0.5) is 5.95 Å². The number of amides is 1. The van der Waals surface area contributed by atoms with Crippen molar-refractivity contribution in [2.45, 2.75) is 52.9 Å². The molecule has 5 heteroatoms. The van der Waals surface area contributed by atoms with E-state index in [1.54, 1.807) is 0 Å². The molecule has 0 N–H and O–H groups in total. The highest BCUT2D eigenvalue weighted by Crippen LogP contribution is 2.23. The van der Waals surface area contributed by atoms with Crippen molar-refractivity contribution in [1.29, 1.82) is 0 Å². The highest BCUT2D eigenvalue weighted by Gasteiger charge is 2.23. The predicted octanol–water partition coefficient (Wildman–Crippen LogP) is 2.36. The summed E-state index contributed by atoms with van der Waals surface area (Å²) in [5.74, 6) is 1.58. The summed E-state index contributed by atoms with van der Waals surface area (Å²) in [6.07, 6.45) is 4.84. The van der Waals surface area contributed by atoms with Crippen LogP contribution in [-0.2, 0) is 17.6 Å². The van der Waals surface area contributed by atoms with E-state index in [0.717, 1.165) is 56.4 Å². The zero-order chi connectivity index (χ0) is 16.4. The molecule has 0 radical (unpaired) electrons. The molecule has 5 nitrogen and oxygen atoms in total. The standard InChI is InChI=1S/C18H28N4O/c1-13(2)12-17(23)21-10-6-15-14(3)19-18(20-16(15)7-11-21)22-8-4-5-9-22/h13H,4-12H2,1-3H3. The number of aromatic nitrogens is 2. The number of carbonyl (C=O) groups excluding carboxylic acids is 1. The van der Waals surface area contributed by atoms with Gasteiger partial charge in [-0.25, -0.2) is 9.97 Å². The van der Waals surface area contributed by atoms with Crippen LogP contribution in [0.1, 0.15) is 50.1 Å². The summed E-state index contributed by atoms with van der Waals surface area (Å²) in [4.78, 5) is 26.2. The lowest BCUT2D eigenvalue weighted by Crippen LogP contribution is -2.33. The quantitative estimate of drug-likeness (QED) is 0.859. The normalized spacial score (nSPS) is 18.3. The monoisotopic (exact) mass is 316 g/mol.